The minimum absolute atomic E-state index is 0.232. The highest BCUT2D eigenvalue weighted by molar-refractivity contribution is 5.80. The first-order valence-electron chi connectivity index (χ1n) is 5.41. The second-order valence-electron chi connectivity index (χ2n) is 3.66. The number of benzene rings is 1. The van der Waals surface area contributed by atoms with E-state index in [1.54, 1.807) is 0 Å². The molecule has 0 radical (unpaired) electrons. The minimum atomic E-state index is -1.05. The van der Waals surface area contributed by atoms with E-state index < -0.39 is 6.10 Å². The molecule has 2 unspecified atom stereocenters. The maximum Gasteiger partial charge on any atom is 0.248 e. The molecule has 0 spiro atoms. The van der Waals surface area contributed by atoms with E-state index in [0.717, 1.165) is 5.56 Å². The van der Waals surface area contributed by atoms with Crippen molar-refractivity contribution >= 4 is 5.91 Å². The van der Waals surface area contributed by atoms with Crippen LogP contribution in [0.5, 0.6) is 0 Å². The number of rotatable bonds is 5. The van der Waals surface area contributed by atoms with E-state index in [4.69, 9.17) is 5.73 Å². The zero-order chi connectivity index (χ0) is 12.0. The molecule has 0 aliphatic carbocycles. The molecule has 1 amide bonds. The Morgan fingerprint density at radius 3 is 2.62 bits per heavy atom. The van der Waals surface area contributed by atoms with E-state index in [2.05, 4.69) is 5.32 Å². The first kappa shape index (κ1) is 12.7. The van der Waals surface area contributed by atoms with Gasteiger partial charge in [0.25, 0.3) is 0 Å². The fraction of sp³-hybridized carbons (Fsp3) is 0.417. The second kappa shape index (κ2) is 6.25. The molecule has 4 N–H and O–H groups in total. The minimum Gasteiger partial charge on any atom is -0.383 e. The lowest BCUT2D eigenvalue weighted by molar-refractivity contribution is -0.129. The van der Waals surface area contributed by atoms with Gasteiger partial charge in [0, 0.05) is 19.0 Å². The van der Waals surface area contributed by atoms with Gasteiger partial charge in [0.05, 0.1) is 0 Å². The molecule has 0 aliphatic rings. The molecular weight excluding hydrogens is 204 g/mol. The molecule has 1 aromatic rings. The maximum absolute atomic E-state index is 11.3. The fourth-order valence-corrected chi connectivity index (χ4v) is 1.48. The molecule has 2 atom stereocenters. The standard InChI is InChI=1S/C12H18N2O2/c1-2-14-12(16)11(15)8-10(13)9-6-4-3-5-7-9/h3-7,10-11,15H,2,8,13H2,1H3,(H,14,16). The van der Waals surface area contributed by atoms with Crippen LogP contribution in [-0.4, -0.2) is 23.7 Å². The van der Waals surface area contributed by atoms with Gasteiger partial charge in [-0.05, 0) is 12.5 Å². The maximum atomic E-state index is 11.3. The smallest absolute Gasteiger partial charge is 0.248 e. The molecule has 0 heterocycles. The molecule has 0 saturated heterocycles. The van der Waals surface area contributed by atoms with Crippen LogP contribution in [0.3, 0.4) is 0 Å². The highest BCUT2D eigenvalue weighted by Gasteiger charge is 2.18. The number of nitrogens with one attached hydrogen (secondary N) is 1. The van der Waals surface area contributed by atoms with Crippen LogP contribution >= 0.6 is 0 Å². The van der Waals surface area contributed by atoms with Gasteiger partial charge in [0.1, 0.15) is 6.10 Å². The van der Waals surface area contributed by atoms with E-state index in [1.165, 1.54) is 0 Å². The summed E-state index contributed by atoms with van der Waals surface area (Å²) in [6, 6.07) is 9.11. The van der Waals surface area contributed by atoms with Gasteiger partial charge in [0.15, 0.2) is 0 Å². The van der Waals surface area contributed by atoms with Crippen LogP contribution in [0.1, 0.15) is 24.9 Å². The third-order valence-electron chi connectivity index (χ3n) is 2.36. The Hall–Kier alpha value is -1.39. The van der Waals surface area contributed by atoms with E-state index in [0.29, 0.717) is 6.54 Å². The number of likely N-dealkylation sites (N-methyl/N-ethyl adjacent to an activating group) is 1. The third kappa shape index (κ3) is 3.64. The van der Waals surface area contributed by atoms with Gasteiger partial charge < -0.3 is 16.2 Å². The largest absolute Gasteiger partial charge is 0.383 e. The lowest BCUT2D eigenvalue weighted by atomic mass is 10.0. The van der Waals surface area contributed by atoms with Crippen molar-refractivity contribution in [1.82, 2.24) is 5.32 Å². The molecule has 1 rings (SSSR count). The second-order valence-corrected chi connectivity index (χ2v) is 3.66. The van der Waals surface area contributed by atoms with Gasteiger partial charge in [-0.25, -0.2) is 0 Å². The van der Waals surface area contributed by atoms with Crippen LogP contribution in [0.15, 0.2) is 30.3 Å². The van der Waals surface area contributed by atoms with Crippen molar-refractivity contribution in [3.8, 4) is 0 Å². The summed E-state index contributed by atoms with van der Waals surface area (Å²) < 4.78 is 0. The highest BCUT2D eigenvalue weighted by atomic mass is 16.3. The first-order valence-corrected chi connectivity index (χ1v) is 5.41. The molecule has 88 valence electrons. The van der Waals surface area contributed by atoms with Crippen LogP contribution in [0, 0.1) is 0 Å². The Morgan fingerprint density at radius 1 is 1.44 bits per heavy atom. The molecule has 0 bridgehead atoms. The third-order valence-corrected chi connectivity index (χ3v) is 2.36. The average Bonchev–Trinajstić information content (AvgIpc) is 2.30. The fourth-order valence-electron chi connectivity index (χ4n) is 1.48. The van der Waals surface area contributed by atoms with Crippen molar-refractivity contribution < 1.29 is 9.90 Å². The number of hydrogen-bond donors (Lipinski definition) is 3. The Balaban J connectivity index is 2.51. The van der Waals surface area contributed by atoms with Gasteiger partial charge in [-0.3, -0.25) is 4.79 Å². The van der Waals surface area contributed by atoms with Gasteiger partial charge in [-0.1, -0.05) is 30.3 Å². The van der Waals surface area contributed by atoms with Gasteiger partial charge in [0.2, 0.25) is 5.91 Å². The van der Waals surface area contributed by atoms with Crippen LogP contribution < -0.4 is 11.1 Å². The average molecular weight is 222 g/mol. The molecule has 4 heteroatoms. The summed E-state index contributed by atoms with van der Waals surface area (Å²) in [5.74, 6) is -0.367. The van der Waals surface area contributed by atoms with Gasteiger partial charge in [-0.2, -0.15) is 0 Å². The van der Waals surface area contributed by atoms with E-state index in [1.807, 2.05) is 37.3 Å². The first-order chi connectivity index (χ1) is 7.65. The summed E-state index contributed by atoms with van der Waals surface area (Å²) in [4.78, 5) is 11.3. The van der Waals surface area contributed by atoms with Crippen LogP contribution in [0.25, 0.3) is 0 Å². The van der Waals surface area contributed by atoms with Crippen molar-refractivity contribution in [2.45, 2.75) is 25.5 Å². The van der Waals surface area contributed by atoms with Crippen molar-refractivity contribution in [2.24, 2.45) is 5.73 Å². The van der Waals surface area contributed by atoms with Crippen LogP contribution in [0.2, 0.25) is 0 Å². The lowest BCUT2D eigenvalue weighted by Crippen LogP contribution is -2.36. The molecule has 0 aromatic heterocycles. The van der Waals surface area contributed by atoms with Gasteiger partial charge >= 0.3 is 0 Å². The number of aliphatic hydroxyl groups excluding tert-OH is 1. The SMILES string of the molecule is CCNC(=O)C(O)CC(N)c1ccccc1. The summed E-state index contributed by atoms with van der Waals surface area (Å²) in [7, 11) is 0. The van der Waals surface area contributed by atoms with Crippen molar-refractivity contribution in [1.29, 1.82) is 0 Å². The molecule has 0 fully saturated rings. The van der Waals surface area contributed by atoms with E-state index in [-0.39, 0.29) is 18.4 Å². The van der Waals surface area contributed by atoms with Crippen LogP contribution in [0.4, 0.5) is 0 Å². The molecule has 16 heavy (non-hydrogen) atoms. The monoisotopic (exact) mass is 222 g/mol. The van der Waals surface area contributed by atoms with Crippen LogP contribution in [-0.2, 0) is 4.79 Å². The topological polar surface area (TPSA) is 75.3 Å². The predicted molar refractivity (Wildman–Crippen MR) is 62.7 cm³/mol. The summed E-state index contributed by atoms with van der Waals surface area (Å²) >= 11 is 0. The molecule has 1 aromatic carbocycles. The quantitative estimate of drug-likeness (QED) is 0.682. The zero-order valence-corrected chi connectivity index (χ0v) is 9.39. The van der Waals surface area contributed by atoms with E-state index >= 15 is 0 Å². The number of aliphatic hydroxyl groups is 1. The Kier molecular flexibility index (Phi) is 4.95. The van der Waals surface area contributed by atoms with Crippen molar-refractivity contribution in [2.75, 3.05) is 6.54 Å². The molecular formula is C12H18N2O2. The Labute approximate surface area is 95.5 Å². The number of amides is 1. The Bertz CT molecular complexity index is 327. The normalized spacial score (nSPS) is 14.2. The predicted octanol–water partition coefficient (Wildman–Crippen LogP) is 0.573. The highest BCUT2D eigenvalue weighted by Crippen LogP contribution is 2.15. The number of nitrogens with two attached hydrogens (primary N) is 1. The summed E-state index contributed by atoms with van der Waals surface area (Å²) in [6.45, 7) is 2.32. The lowest BCUT2D eigenvalue weighted by Gasteiger charge is -2.16. The number of carbonyl (C=O) groups excluding carboxylic acids is 1. The summed E-state index contributed by atoms with van der Waals surface area (Å²) in [5.41, 5.74) is 6.81. The summed E-state index contributed by atoms with van der Waals surface area (Å²) in [6.07, 6.45) is -0.814. The molecule has 4 nitrogen and oxygen atoms in total. The van der Waals surface area contributed by atoms with Crippen molar-refractivity contribution in [3.63, 3.8) is 0 Å². The number of carbonyl (C=O) groups is 1. The van der Waals surface area contributed by atoms with E-state index in [9.17, 15) is 9.90 Å². The van der Waals surface area contributed by atoms with Crippen molar-refractivity contribution in [3.05, 3.63) is 35.9 Å². The molecule has 0 saturated carbocycles. The van der Waals surface area contributed by atoms with Gasteiger partial charge in [-0.15, -0.1) is 0 Å². The summed E-state index contributed by atoms with van der Waals surface area (Å²) in [5, 5.41) is 12.1. The Morgan fingerprint density at radius 2 is 2.06 bits per heavy atom. The molecule has 0 aliphatic heterocycles. The zero-order valence-electron chi connectivity index (χ0n) is 9.39. The number of hydrogen-bond acceptors (Lipinski definition) is 3.